The van der Waals surface area contributed by atoms with Crippen LogP contribution in [0.15, 0.2) is 49.1 Å². The van der Waals surface area contributed by atoms with Crippen LogP contribution in [-0.4, -0.2) is 48.4 Å². The van der Waals surface area contributed by atoms with Crippen LogP contribution >= 0.6 is 24.8 Å². The second-order valence-electron chi connectivity index (χ2n) is 6.55. The van der Waals surface area contributed by atoms with Crippen molar-refractivity contribution in [1.29, 1.82) is 0 Å². The summed E-state index contributed by atoms with van der Waals surface area (Å²) in [6, 6.07) is 7.68. The van der Waals surface area contributed by atoms with Crippen molar-refractivity contribution in [2.75, 3.05) is 26.2 Å². The molecule has 2 N–H and O–H groups in total. The van der Waals surface area contributed by atoms with Gasteiger partial charge in [0.15, 0.2) is 0 Å². The van der Waals surface area contributed by atoms with Gasteiger partial charge in [0.2, 0.25) is 0 Å². The summed E-state index contributed by atoms with van der Waals surface area (Å²) >= 11 is 0. The van der Waals surface area contributed by atoms with Crippen LogP contribution in [-0.2, 0) is 0 Å². The lowest BCUT2D eigenvalue weighted by Crippen LogP contribution is -2.37. The lowest BCUT2D eigenvalue weighted by atomic mass is 10.1. The molecule has 28 heavy (non-hydrogen) atoms. The molecule has 4 heterocycles. The lowest BCUT2D eigenvalue weighted by molar-refractivity contribution is 0.166. The molecule has 2 aliphatic rings. The van der Waals surface area contributed by atoms with E-state index in [0.29, 0.717) is 12.2 Å². The van der Waals surface area contributed by atoms with Gasteiger partial charge in [0, 0.05) is 25.5 Å². The van der Waals surface area contributed by atoms with E-state index in [-0.39, 0.29) is 24.8 Å². The van der Waals surface area contributed by atoms with Crippen molar-refractivity contribution in [2.45, 2.75) is 37.9 Å². The van der Waals surface area contributed by atoms with Crippen LogP contribution < -0.4 is 20.1 Å². The molecule has 0 bridgehead atoms. The Morgan fingerprint density at radius 2 is 1.21 bits per heavy atom. The molecule has 156 valence electrons. The Kier molecular flexibility index (Phi) is 12.6. The summed E-state index contributed by atoms with van der Waals surface area (Å²) in [6.07, 6.45) is 12.3. The van der Waals surface area contributed by atoms with E-state index in [1.165, 1.54) is 12.8 Å². The first-order chi connectivity index (χ1) is 12.9. The van der Waals surface area contributed by atoms with Crippen molar-refractivity contribution in [3.8, 4) is 11.5 Å². The molecule has 0 aliphatic carbocycles. The molecule has 0 spiro atoms. The Bertz CT molecular complexity index is 555. The predicted octanol–water partition coefficient (Wildman–Crippen LogP) is 3.27. The van der Waals surface area contributed by atoms with Gasteiger partial charge in [0.25, 0.3) is 0 Å². The van der Waals surface area contributed by atoms with Gasteiger partial charge in [-0.2, -0.15) is 0 Å². The third kappa shape index (κ3) is 9.06. The molecular weight excluding hydrogens is 399 g/mol. The van der Waals surface area contributed by atoms with Crippen LogP contribution in [0.2, 0.25) is 0 Å². The Labute approximate surface area is 179 Å². The minimum absolute atomic E-state index is 0. The van der Waals surface area contributed by atoms with Gasteiger partial charge in [-0.15, -0.1) is 24.8 Å². The van der Waals surface area contributed by atoms with Crippen LogP contribution in [0.4, 0.5) is 0 Å². The van der Waals surface area contributed by atoms with Crippen molar-refractivity contribution in [2.24, 2.45) is 0 Å². The number of hydrogen-bond donors (Lipinski definition) is 2. The number of hydrogen-bond acceptors (Lipinski definition) is 6. The van der Waals surface area contributed by atoms with Gasteiger partial charge in [-0.05, 0) is 63.0 Å². The first-order valence-corrected chi connectivity index (χ1v) is 9.45. The van der Waals surface area contributed by atoms with Gasteiger partial charge < -0.3 is 20.1 Å². The SMILES string of the molecule is Cl.Cl.c1cncc(OC2CCCNC2)c1.c1cncc(OC2CCCNC2)c1. The van der Waals surface area contributed by atoms with E-state index in [1.54, 1.807) is 24.8 Å². The van der Waals surface area contributed by atoms with E-state index >= 15 is 0 Å². The highest BCUT2D eigenvalue weighted by Crippen LogP contribution is 2.14. The number of ether oxygens (including phenoxy) is 2. The summed E-state index contributed by atoms with van der Waals surface area (Å²) in [5.74, 6) is 1.74. The highest BCUT2D eigenvalue weighted by molar-refractivity contribution is 5.85. The first kappa shape index (κ1) is 24.4. The standard InChI is InChI=1S/2C10H14N2O.2ClH/c2*1-3-9(7-11-5-1)13-10-4-2-6-12-8-10;;/h2*1,3,5,7,10,12H,2,4,6,8H2;2*1H. The average Bonchev–Trinajstić information content (AvgIpc) is 2.72. The summed E-state index contributed by atoms with van der Waals surface area (Å²) in [5, 5.41) is 6.62. The number of piperidine rings is 2. The normalized spacial score (nSPS) is 21.0. The Hall–Kier alpha value is -1.60. The Morgan fingerprint density at radius 3 is 1.54 bits per heavy atom. The summed E-state index contributed by atoms with van der Waals surface area (Å²) in [4.78, 5) is 8.01. The molecule has 0 radical (unpaired) electrons. The molecule has 8 heteroatoms. The third-order valence-electron chi connectivity index (χ3n) is 4.38. The summed E-state index contributed by atoms with van der Waals surface area (Å²) in [7, 11) is 0. The Morgan fingerprint density at radius 1 is 0.750 bits per heavy atom. The highest BCUT2D eigenvalue weighted by atomic mass is 35.5. The number of nitrogens with one attached hydrogen (secondary N) is 2. The number of halogens is 2. The molecular formula is C20H30Cl2N4O2. The average molecular weight is 429 g/mol. The minimum atomic E-state index is 0. The summed E-state index contributed by atoms with van der Waals surface area (Å²) in [6.45, 7) is 4.14. The zero-order valence-electron chi connectivity index (χ0n) is 16.0. The zero-order valence-corrected chi connectivity index (χ0v) is 17.6. The van der Waals surface area contributed by atoms with E-state index in [9.17, 15) is 0 Å². The van der Waals surface area contributed by atoms with Crippen LogP contribution in [0.3, 0.4) is 0 Å². The van der Waals surface area contributed by atoms with Gasteiger partial charge in [0.1, 0.15) is 23.7 Å². The maximum atomic E-state index is 5.73. The molecule has 2 fully saturated rings. The van der Waals surface area contributed by atoms with Crippen molar-refractivity contribution >= 4 is 24.8 Å². The molecule has 2 aromatic heterocycles. The quantitative estimate of drug-likeness (QED) is 0.778. The molecule has 6 nitrogen and oxygen atoms in total. The van der Waals surface area contributed by atoms with Crippen molar-refractivity contribution in [3.63, 3.8) is 0 Å². The monoisotopic (exact) mass is 428 g/mol. The molecule has 0 amide bonds. The molecule has 2 atom stereocenters. The molecule has 4 rings (SSSR count). The molecule has 2 aliphatic heterocycles. The van der Waals surface area contributed by atoms with E-state index < -0.39 is 0 Å². The van der Waals surface area contributed by atoms with Gasteiger partial charge in [-0.25, -0.2) is 0 Å². The van der Waals surface area contributed by atoms with E-state index in [0.717, 1.165) is 50.5 Å². The zero-order chi connectivity index (χ0) is 17.9. The fraction of sp³-hybridized carbons (Fsp3) is 0.500. The van der Waals surface area contributed by atoms with Gasteiger partial charge in [-0.3, -0.25) is 9.97 Å². The van der Waals surface area contributed by atoms with Gasteiger partial charge in [-0.1, -0.05) is 0 Å². The highest BCUT2D eigenvalue weighted by Gasteiger charge is 2.14. The van der Waals surface area contributed by atoms with E-state index in [1.807, 2.05) is 24.3 Å². The minimum Gasteiger partial charge on any atom is -0.487 e. The predicted molar refractivity (Wildman–Crippen MR) is 116 cm³/mol. The van der Waals surface area contributed by atoms with Gasteiger partial charge in [0.05, 0.1) is 12.4 Å². The van der Waals surface area contributed by atoms with E-state index in [2.05, 4.69) is 20.6 Å². The smallest absolute Gasteiger partial charge is 0.138 e. The fourth-order valence-corrected chi connectivity index (χ4v) is 3.06. The van der Waals surface area contributed by atoms with Crippen molar-refractivity contribution in [3.05, 3.63) is 49.1 Å². The maximum Gasteiger partial charge on any atom is 0.138 e. The van der Waals surface area contributed by atoms with Crippen LogP contribution in [0, 0.1) is 0 Å². The number of nitrogens with zero attached hydrogens (tertiary/aromatic N) is 2. The van der Waals surface area contributed by atoms with Crippen molar-refractivity contribution in [1.82, 2.24) is 20.6 Å². The summed E-state index contributed by atoms with van der Waals surface area (Å²) < 4.78 is 11.5. The number of rotatable bonds is 4. The summed E-state index contributed by atoms with van der Waals surface area (Å²) in [5.41, 5.74) is 0. The lowest BCUT2D eigenvalue weighted by Gasteiger charge is -2.23. The van der Waals surface area contributed by atoms with Gasteiger partial charge >= 0.3 is 0 Å². The van der Waals surface area contributed by atoms with Crippen LogP contribution in [0.5, 0.6) is 11.5 Å². The maximum absolute atomic E-state index is 5.73. The first-order valence-electron chi connectivity index (χ1n) is 9.45. The molecule has 0 saturated carbocycles. The third-order valence-corrected chi connectivity index (χ3v) is 4.38. The number of aromatic nitrogens is 2. The van der Waals surface area contributed by atoms with E-state index in [4.69, 9.17) is 9.47 Å². The Balaban J connectivity index is 0.000000261. The molecule has 2 unspecified atom stereocenters. The number of pyridine rings is 2. The van der Waals surface area contributed by atoms with Crippen LogP contribution in [0.1, 0.15) is 25.7 Å². The second kappa shape index (κ2) is 14.4. The fourth-order valence-electron chi connectivity index (χ4n) is 3.06. The molecule has 2 saturated heterocycles. The largest absolute Gasteiger partial charge is 0.487 e. The van der Waals surface area contributed by atoms with Crippen LogP contribution in [0.25, 0.3) is 0 Å². The molecule has 2 aromatic rings. The molecule has 0 aromatic carbocycles. The second-order valence-corrected chi connectivity index (χ2v) is 6.55. The topological polar surface area (TPSA) is 68.3 Å². The van der Waals surface area contributed by atoms with Crippen molar-refractivity contribution < 1.29 is 9.47 Å².